The van der Waals surface area contributed by atoms with Crippen LogP contribution in [0, 0.1) is 5.92 Å². The van der Waals surface area contributed by atoms with Crippen molar-refractivity contribution in [1.29, 1.82) is 0 Å². The highest BCUT2D eigenvalue weighted by molar-refractivity contribution is 5.71. The number of carboxylic acids is 1. The molecule has 1 aliphatic carbocycles. The van der Waals surface area contributed by atoms with Gasteiger partial charge in [-0.3, -0.25) is 14.9 Å². The number of benzene rings is 1. The molecule has 6 nitrogen and oxygen atoms in total. The van der Waals surface area contributed by atoms with Gasteiger partial charge in [-0.05, 0) is 48.1 Å². The first-order valence-corrected chi connectivity index (χ1v) is 8.59. The SMILES string of the molecule is O=C(O)[C@H]1C[C@H](c2cccc(COc3ccc(-c4ccn[nH]4)nc3)c2)C1. The fourth-order valence-electron chi connectivity index (χ4n) is 3.22. The molecule has 2 aromatic heterocycles. The molecule has 3 aromatic rings. The van der Waals surface area contributed by atoms with E-state index in [0.717, 1.165) is 29.8 Å². The van der Waals surface area contributed by atoms with Crippen molar-refractivity contribution in [3.63, 3.8) is 0 Å². The Hall–Kier alpha value is -3.15. The van der Waals surface area contributed by atoms with Crippen LogP contribution >= 0.6 is 0 Å². The number of H-pyrrole nitrogens is 1. The van der Waals surface area contributed by atoms with Gasteiger partial charge in [0.25, 0.3) is 0 Å². The van der Waals surface area contributed by atoms with Gasteiger partial charge in [0.15, 0.2) is 0 Å². The van der Waals surface area contributed by atoms with E-state index in [1.165, 1.54) is 5.56 Å². The van der Waals surface area contributed by atoms with Crippen LogP contribution in [-0.4, -0.2) is 26.3 Å². The highest BCUT2D eigenvalue weighted by Crippen LogP contribution is 2.41. The number of aromatic amines is 1. The van der Waals surface area contributed by atoms with Crippen LogP contribution in [0.3, 0.4) is 0 Å². The third-order valence-electron chi connectivity index (χ3n) is 4.83. The predicted molar refractivity (Wildman–Crippen MR) is 95.7 cm³/mol. The number of pyridine rings is 1. The van der Waals surface area contributed by atoms with Crippen LogP contribution in [0.25, 0.3) is 11.4 Å². The van der Waals surface area contributed by atoms with Crippen molar-refractivity contribution >= 4 is 5.97 Å². The van der Waals surface area contributed by atoms with Gasteiger partial charge in [0, 0.05) is 6.20 Å². The lowest BCUT2D eigenvalue weighted by Gasteiger charge is -2.32. The number of hydrogen-bond acceptors (Lipinski definition) is 4. The summed E-state index contributed by atoms with van der Waals surface area (Å²) >= 11 is 0. The average Bonchev–Trinajstić information content (AvgIpc) is 3.14. The van der Waals surface area contributed by atoms with E-state index in [1.54, 1.807) is 12.4 Å². The van der Waals surface area contributed by atoms with Crippen molar-refractivity contribution in [3.8, 4) is 17.1 Å². The lowest BCUT2D eigenvalue weighted by atomic mass is 9.71. The minimum absolute atomic E-state index is 0.195. The first-order chi connectivity index (χ1) is 12.7. The highest BCUT2D eigenvalue weighted by Gasteiger charge is 2.35. The predicted octanol–water partition coefficient (Wildman–Crippen LogP) is 3.63. The molecule has 1 fully saturated rings. The zero-order chi connectivity index (χ0) is 17.9. The number of hydrogen-bond donors (Lipinski definition) is 2. The molecule has 0 amide bonds. The van der Waals surface area contributed by atoms with E-state index in [9.17, 15) is 4.79 Å². The van der Waals surface area contributed by atoms with Gasteiger partial charge in [0.1, 0.15) is 12.4 Å². The quantitative estimate of drug-likeness (QED) is 0.709. The lowest BCUT2D eigenvalue weighted by Crippen LogP contribution is -2.28. The zero-order valence-corrected chi connectivity index (χ0v) is 14.1. The van der Waals surface area contributed by atoms with Gasteiger partial charge in [-0.2, -0.15) is 5.10 Å². The molecule has 0 unspecified atom stereocenters. The van der Waals surface area contributed by atoms with E-state index >= 15 is 0 Å². The maximum Gasteiger partial charge on any atom is 0.306 e. The number of carboxylic acid groups (broad SMARTS) is 1. The number of aliphatic carboxylic acids is 1. The molecule has 0 spiro atoms. The Morgan fingerprint density at radius 3 is 2.81 bits per heavy atom. The highest BCUT2D eigenvalue weighted by atomic mass is 16.5. The van der Waals surface area contributed by atoms with Crippen molar-refractivity contribution in [2.24, 2.45) is 5.92 Å². The number of aromatic nitrogens is 3. The summed E-state index contributed by atoms with van der Waals surface area (Å²) in [6, 6.07) is 13.8. The molecular weight excluding hydrogens is 330 g/mol. The molecule has 0 atom stereocenters. The van der Waals surface area contributed by atoms with E-state index in [0.29, 0.717) is 18.3 Å². The first kappa shape index (κ1) is 16.3. The lowest BCUT2D eigenvalue weighted by molar-refractivity contribution is -0.145. The zero-order valence-electron chi connectivity index (χ0n) is 14.1. The topological polar surface area (TPSA) is 88.1 Å². The molecule has 26 heavy (non-hydrogen) atoms. The van der Waals surface area contributed by atoms with Crippen LogP contribution in [0.1, 0.15) is 29.9 Å². The minimum Gasteiger partial charge on any atom is -0.487 e. The number of nitrogens with zero attached hydrogens (tertiary/aromatic N) is 2. The van der Waals surface area contributed by atoms with Crippen LogP contribution in [0.2, 0.25) is 0 Å². The Labute approximate surface area is 150 Å². The first-order valence-electron chi connectivity index (χ1n) is 8.59. The second kappa shape index (κ2) is 7.00. The van der Waals surface area contributed by atoms with Crippen molar-refractivity contribution < 1.29 is 14.6 Å². The Morgan fingerprint density at radius 1 is 1.23 bits per heavy atom. The van der Waals surface area contributed by atoms with Crippen molar-refractivity contribution in [2.75, 3.05) is 0 Å². The van der Waals surface area contributed by atoms with E-state index in [1.807, 2.05) is 30.3 Å². The summed E-state index contributed by atoms with van der Waals surface area (Å²) in [4.78, 5) is 15.3. The van der Waals surface area contributed by atoms with Crippen LogP contribution in [0.15, 0.2) is 54.9 Å². The smallest absolute Gasteiger partial charge is 0.306 e. The van der Waals surface area contributed by atoms with Gasteiger partial charge in [-0.15, -0.1) is 0 Å². The molecule has 0 radical (unpaired) electrons. The van der Waals surface area contributed by atoms with Gasteiger partial charge in [0.2, 0.25) is 0 Å². The number of nitrogens with one attached hydrogen (secondary N) is 1. The Balaban J connectivity index is 1.36. The van der Waals surface area contributed by atoms with E-state index in [-0.39, 0.29) is 5.92 Å². The molecule has 4 rings (SSSR count). The molecule has 2 heterocycles. The Morgan fingerprint density at radius 2 is 2.12 bits per heavy atom. The van der Waals surface area contributed by atoms with Gasteiger partial charge in [0.05, 0.1) is 23.5 Å². The van der Waals surface area contributed by atoms with Crippen LogP contribution in [0.5, 0.6) is 5.75 Å². The fourth-order valence-corrected chi connectivity index (χ4v) is 3.22. The number of rotatable bonds is 6. The molecule has 1 saturated carbocycles. The van der Waals surface area contributed by atoms with E-state index in [2.05, 4.69) is 27.3 Å². The Bertz CT molecular complexity index is 885. The molecule has 0 bridgehead atoms. The summed E-state index contributed by atoms with van der Waals surface area (Å²) in [5, 5.41) is 15.8. The molecule has 0 aliphatic heterocycles. The third-order valence-corrected chi connectivity index (χ3v) is 4.83. The summed E-state index contributed by atoms with van der Waals surface area (Å²) in [5.74, 6) is 0.158. The second-order valence-electron chi connectivity index (χ2n) is 6.59. The minimum atomic E-state index is -0.688. The largest absolute Gasteiger partial charge is 0.487 e. The summed E-state index contributed by atoms with van der Waals surface area (Å²) in [6.45, 7) is 0.452. The van der Waals surface area contributed by atoms with Crippen molar-refractivity contribution in [3.05, 3.63) is 66.0 Å². The van der Waals surface area contributed by atoms with Crippen LogP contribution in [0.4, 0.5) is 0 Å². The molecule has 1 aromatic carbocycles. The maximum atomic E-state index is 11.0. The fraction of sp³-hybridized carbons (Fsp3) is 0.250. The number of carbonyl (C=O) groups is 1. The molecule has 0 saturated heterocycles. The standard InChI is InChI=1S/C20H19N3O3/c24-20(25)16-9-15(10-16)14-3-1-2-13(8-14)12-26-17-4-5-18(21-11-17)19-6-7-22-23-19/h1-8,11,15-16H,9-10,12H2,(H,22,23)(H,24,25)/t15-,16-. The second-order valence-corrected chi connectivity index (χ2v) is 6.59. The van der Waals surface area contributed by atoms with Gasteiger partial charge >= 0.3 is 5.97 Å². The summed E-state index contributed by atoms with van der Waals surface area (Å²) in [5.41, 5.74) is 3.94. The summed E-state index contributed by atoms with van der Waals surface area (Å²) < 4.78 is 5.83. The van der Waals surface area contributed by atoms with Gasteiger partial charge in [-0.25, -0.2) is 0 Å². The maximum absolute atomic E-state index is 11.0. The average molecular weight is 349 g/mol. The summed E-state index contributed by atoms with van der Waals surface area (Å²) in [7, 11) is 0. The molecule has 6 heteroatoms. The van der Waals surface area contributed by atoms with Crippen LogP contribution in [-0.2, 0) is 11.4 Å². The van der Waals surface area contributed by atoms with E-state index < -0.39 is 5.97 Å². The molecular formula is C20H19N3O3. The van der Waals surface area contributed by atoms with Crippen LogP contribution < -0.4 is 4.74 Å². The molecule has 132 valence electrons. The Kier molecular flexibility index (Phi) is 4.39. The van der Waals surface area contributed by atoms with E-state index in [4.69, 9.17) is 9.84 Å². The van der Waals surface area contributed by atoms with Crippen molar-refractivity contribution in [2.45, 2.75) is 25.4 Å². The normalized spacial score (nSPS) is 18.9. The summed E-state index contributed by atoms with van der Waals surface area (Å²) in [6.07, 6.45) is 4.83. The monoisotopic (exact) mass is 349 g/mol. The van der Waals surface area contributed by atoms with Gasteiger partial charge < -0.3 is 9.84 Å². The van der Waals surface area contributed by atoms with Gasteiger partial charge in [-0.1, -0.05) is 24.3 Å². The number of ether oxygens (including phenoxy) is 1. The third kappa shape index (κ3) is 3.44. The van der Waals surface area contributed by atoms with Crippen molar-refractivity contribution in [1.82, 2.24) is 15.2 Å². The molecule has 2 N–H and O–H groups in total. The molecule has 1 aliphatic rings.